The highest BCUT2D eigenvalue weighted by Gasteiger charge is 1.58. The van der Waals surface area contributed by atoms with Crippen LogP contribution in [0.4, 0.5) is 0 Å². The molecule has 1 aromatic heterocycles. The molecular weight excluding hydrogens is 154 g/mol. The number of hydrogen-bond acceptors (Lipinski definition) is 1. The predicted octanol–water partition coefficient (Wildman–Crippen LogP) is -1.91. The number of pyridine rings is 1. The summed E-state index contributed by atoms with van der Waals surface area (Å²) in [6.07, 6.45) is 3.50. The van der Waals surface area contributed by atoms with Crippen LogP contribution in [-0.4, -0.2) is 4.98 Å². The van der Waals surface area contributed by atoms with Gasteiger partial charge in [0.05, 0.1) is 0 Å². The van der Waals surface area contributed by atoms with Gasteiger partial charge in [-0.15, -0.1) is 0 Å². The first-order chi connectivity index (χ1) is 3.00. The lowest BCUT2D eigenvalue weighted by Crippen LogP contribution is -3.00. The summed E-state index contributed by atoms with van der Waals surface area (Å²) in [6.45, 7) is 0. The van der Waals surface area contributed by atoms with Crippen LogP contribution in [0.15, 0.2) is 30.6 Å². The molecule has 0 aliphatic rings. The Morgan fingerprint density at radius 3 is 1.57 bits per heavy atom. The van der Waals surface area contributed by atoms with Crippen molar-refractivity contribution >= 4 is 0 Å². The van der Waals surface area contributed by atoms with Crippen LogP contribution in [0.3, 0.4) is 0 Å². The van der Waals surface area contributed by atoms with E-state index in [2.05, 4.69) is 4.98 Å². The third kappa shape index (κ3) is 2.34. The Balaban J connectivity index is 0.000000360. The van der Waals surface area contributed by atoms with Gasteiger partial charge in [0.25, 0.3) is 0 Å². The van der Waals surface area contributed by atoms with Gasteiger partial charge in [0.1, 0.15) is 0 Å². The van der Waals surface area contributed by atoms with Crippen LogP contribution in [0.2, 0.25) is 0 Å². The molecule has 0 unspecified atom stereocenters. The van der Waals surface area contributed by atoms with Crippen LogP contribution in [-0.2, 0) is 0 Å². The first-order valence-electron chi connectivity index (χ1n) is 1.85. The Bertz CT molecular complexity index is 80.0. The second-order valence-electron chi connectivity index (χ2n) is 1.02. The lowest BCUT2D eigenvalue weighted by atomic mass is 10.5. The molecule has 7 heavy (non-hydrogen) atoms. The Kier molecular flexibility index (Phi) is 3.61. The average molecular weight is 159 g/mol. The first kappa shape index (κ1) is 6.63. The third-order valence-corrected chi connectivity index (χ3v) is 0.566. The van der Waals surface area contributed by atoms with E-state index in [0.29, 0.717) is 0 Å². The minimum atomic E-state index is 0. The number of aromatic nitrogens is 1. The first-order valence-corrected chi connectivity index (χ1v) is 1.85. The van der Waals surface area contributed by atoms with E-state index >= 15 is 0 Å². The summed E-state index contributed by atoms with van der Waals surface area (Å²) in [7, 11) is 0. The highest BCUT2D eigenvalue weighted by atomic mass is 79.9. The zero-order valence-corrected chi connectivity index (χ0v) is 5.30. The van der Waals surface area contributed by atoms with Crippen LogP contribution >= 0.6 is 0 Å². The van der Waals surface area contributed by atoms with Crippen molar-refractivity contribution in [3.63, 3.8) is 0 Å². The van der Waals surface area contributed by atoms with Gasteiger partial charge in [0, 0.05) is 12.4 Å². The van der Waals surface area contributed by atoms with Gasteiger partial charge in [-0.3, -0.25) is 4.98 Å². The van der Waals surface area contributed by atoms with Crippen molar-refractivity contribution in [1.82, 2.24) is 4.98 Å². The van der Waals surface area contributed by atoms with Crippen molar-refractivity contribution in [2.24, 2.45) is 0 Å². The number of rotatable bonds is 0. The van der Waals surface area contributed by atoms with Crippen molar-refractivity contribution in [3.05, 3.63) is 30.6 Å². The summed E-state index contributed by atoms with van der Waals surface area (Å²) < 4.78 is 0. The minimum absolute atomic E-state index is 0. The number of hydrogen-bond donors (Lipinski definition) is 0. The van der Waals surface area contributed by atoms with E-state index in [9.17, 15) is 0 Å². The molecule has 0 atom stereocenters. The van der Waals surface area contributed by atoms with Crippen LogP contribution in [0, 0.1) is 0 Å². The molecule has 0 fully saturated rings. The molecule has 0 spiro atoms. The van der Waals surface area contributed by atoms with Gasteiger partial charge >= 0.3 is 0 Å². The highest BCUT2D eigenvalue weighted by Crippen LogP contribution is 1.73. The van der Waals surface area contributed by atoms with Gasteiger partial charge in [0.15, 0.2) is 0 Å². The summed E-state index contributed by atoms with van der Waals surface area (Å²) >= 11 is 0. The molecule has 0 saturated heterocycles. The summed E-state index contributed by atoms with van der Waals surface area (Å²) in [5, 5.41) is 0. The summed E-state index contributed by atoms with van der Waals surface area (Å²) in [6, 6.07) is 5.72. The van der Waals surface area contributed by atoms with Gasteiger partial charge in [-0.2, -0.15) is 0 Å². The predicted molar refractivity (Wildman–Crippen MR) is 24.2 cm³/mol. The molecule has 2 heteroatoms. The summed E-state index contributed by atoms with van der Waals surface area (Å²) in [5.41, 5.74) is 0. The van der Waals surface area contributed by atoms with Crippen LogP contribution in [0.25, 0.3) is 0 Å². The largest absolute Gasteiger partial charge is 1.00 e. The van der Waals surface area contributed by atoms with Gasteiger partial charge in [-0.1, -0.05) is 6.07 Å². The maximum atomic E-state index is 3.78. The Morgan fingerprint density at radius 2 is 1.43 bits per heavy atom. The third-order valence-electron chi connectivity index (χ3n) is 0.566. The standard InChI is InChI=1S/C5H5N.BrH/c1-2-4-6-5-3-1;/h1-5H;1H/p-1. The van der Waals surface area contributed by atoms with E-state index in [-0.39, 0.29) is 17.0 Å². The fourth-order valence-corrected chi connectivity index (χ4v) is 0.313. The topological polar surface area (TPSA) is 12.9 Å². The molecule has 0 aliphatic carbocycles. The maximum Gasteiger partial charge on any atom is 0.0267 e. The monoisotopic (exact) mass is 158 g/mol. The van der Waals surface area contributed by atoms with Crippen molar-refractivity contribution in [2.45, 2.75) is 0 Å². The molecule has 0 radical (unpaired) electrons. The maximum absolute atomic E-state index is 3.78. The Hall–Kier alpha value is -0.370. The van der Waals surface area contributed by atoms with E-state index < -0.39 is 0 Å². The summed E-state index contributed by atoms with van der Waals surface area (Å²) in [5.74, 6) is 0. The molecule has 0 amide bonds. The van der Waals surface area contributed by atoms with Crippen molar-refractivity contribution in [1.29, 1.82) is 0 Å². The van der Waals surface area contributed by atoms with E-state index in [1.165, 1.54) is 0 Å². The lowest BCUT2D eigenvalue weighted by molar-refractivity contribution is -0.00000128. The smallest absolute Gasteiger partial charge is 0.0267 e. The SMILES string of the molecule is [Br-].c1ccncc1. The van der Waals surface area contributed by atoms with Crippen molar-refractivity contribution in [3.8, 4) is 0 Å². The van der Waals surface area contributed by atoms with Crippen LogP contribution < -0.4 is 17.0 Å². The van der Waals surface area contributed by atoms with Crippen LogP contribution in [0.5, 0.6) is 0 Å². The van der Waals surface area contributed by atoms with Crippen LogP contribution in [0.1, 0.15) is 0 Å². The second-order valence-corrected chi connectivity index (χ2v) is 1.02. The molecule has 0 saturated carbocycles. The normalized spacial score (nSPS) is 6.86. The highest BCUT2D eigenvalue weighted by molar-refractivity contribution is 4.88. The van der Waals surface area contributed by atoms with E-state index in [4.69, 9.17) is 0 Å². The molecule has 1 aromatic rings. The van der Waals surface area contributed by atoms with Gasteiger partial charge in [0.2, 0.25) is 0 Å². The molecule has 1 rings (SSSR count). The molecule has 0 aromatic carbocycles. The summed E-state index contributed by atoms with van der Waals surface area (Å²) in [4.78, 5) is 3.78. The molecule has 0 N–H and O–H groups in total. The molecule has 0 aliphatic heterocycles. The quantitative estimate of drug-likeness (QED) is 0.430. The fourth-order valence-electron chi connectivity index (χ4n) is 0.313. The molecule has 0 bridgehead atoms. The van der Waals surface area contributed by atoms with Crippen molar-refractivity contribution in [2.75, 3.05) is 0 Å². The zero-order chi connectivity index (χ0) is 4.24. The zero-order valence-electron chi connectivity index (χ0n) is 3.71. The minimum Gasteiger partial charge on any atom is -1.00 e. The molecule has 38 valence electrons. The van der Waals surface area contributed by atoms with Gasteiger partial charge in [-0.25, -0.2) is 0 Å². The number of nitrogens with zero attached hydrogens (tertiary/aromatic N) is 1. The van der Waals surface area contributed by atoms with E-state index in [1.54, 1.807) is 12.4 Å². The Labute approximate surface area is 53.2 Å². The lowest BCUT2D eigenvalue weighted by Gasteiger charge is -1.70. The van der Waals surface area contributed by atoms with Gasteiger partial charge < -0.3 is 17.0 Å². The van der Waals surface area contributed by atoms with Gasteiger partial charge in [-0.05, 0) is 12.1 Å². The number of halogens is 1. The van der Waals surface area contributed by atoms with Crippen molar-refractivity contribution < 1.29 is 17.0 Å². The Morgan fingerprint density at radius 1 is 0.857 bits per heavy atom. The second kappa shape index (κ2) is 3.81. The fraction of sp³-hybridized carbons (Fsp3) is 0. The molecule has 1 heterocycles. The van der Waals surface area contributed by atoms with E-state index in [0.717, 1.165) is 0 Å². The van der Waals surface area contributed by atoms with E-state index in [1.807, 2.05) is 18.2 Å². The average Bonchev–Trinajstić information content (AvgIpc) is 1.72. The molecular formula is C5H5BrN-. The molecule has 1 nitrogen and oxygen atoms in total.